The average molecular weight is 787 g/mol. The number of carbonyl (C=O) groups excluding carboxylic acids is 4. The highest BCUT2D eigenvalue weighted by molar-refractivity contribution is 5.98. The van der Waals surface area contributed by atoms with E-state index >= 15 is 0 Å². The second-order valence-corrected chi connectivity index (χ2v) is 17.0. The molecule has 2 saturated heterocycles. The molecule has 2 heterocycles. The third kappa shape index (κ3) is 10.0. The number of hydrogen-bond donors (Lipinski definition) is 4. The van der Waals surface area contributed by atoms with E-state index in [9.17, 15) is 29.4 Å². The highest BCUT2D eigenvalue weighted by Crippen LogP contribution is 2.45. The molecule has 0 radical (unpaired) electrons. The van der Waals surface area contributed by atoms with Crippen molar-refractivity contribution in [2.24, 2.45) is 5.92 Å². The van der Waals surface area contributed by atoms with Gasteiger partial charge < -0.3 is 44.5 Å². The van der Waals surface area contributed by atoms with Crippen molar-refractivity contribution in [3.63, 3.8) is 0 Å². The Hall–Kier alpha value is -4.40. The lowest BCUT2D eigenvalue weighted by Crippen LogP contribution is -2.55. The standard InChI is InChI=1S/C44H54N2O11/c1-25(48)38(41(51)45-32(24-47)15-17-37(49)56-43(2,3)4)46-40(50)31-20-35(39-36(21-31)55-44(57-39)22-29-9-5-6-10-30(29)23-44)54-42(52)28-11-7-8-26(18-28)12-13-27-14-16-33-34(19-27)53-33/h5-13,18,21,25,27,32-36,38-39,47-48H,14-17,19-20,22-24H2,1-4H3,(H,45,51)(H,46,50). The Morgan fingerprint density at radius 2 is 1.75 bits per heavy atom. The molecule has 0 bridgehead atoms. The van der Waals surface area contributed by atoms with Gasteiger partial charge in [0.15, 0.2) is 5.79 Å². The van der Waals surface area contributed by atoms with Crippen LogP contribution in [0.3, 0.4) is 0 Å². The minimum absolute atomic E-state index is 0.0417. The number of aliphatic hydroxyl groups excluding tert-OH is 2. The van der Waals surface area contributed by atoms with Gasteiger partial charge in [0.25, 0.3) is 0 Å². The molecule has 2 aromatic rings. The van der Waals surface area contributed by atoms with Crippen LogP contribution in [-0.4, -0.2) is 101 Å². The summed E-state index contributed by atoms with van der Waals surface area (Å²) in [5, 5.41) is 25.8. The number of esters is 2. The molecular weight excluding hydrogens is 732 g/mol. The quantitative estimate of drug-likeness (QED) is 0.171. The Labute approximate surface area is 333 Å². The molecule has 1 saturated carbocycles. The summed E-state index contributed by atoms with van der Waals surface area (Å²) in [5.41, 5.74) is 2.90. The third-order valence-corrected chi connectivity index (χ3v) is 11.2. The third-order valence-electron chi connectivity index (χ3n) is 11.2. The van der Waals surface area contributed by atoms with Gasteiger partial charge in [-0.1, -0.05) is 48.6 Å². The van der Waals surface area contributed by atoms with Gasteiger partial charge in [-0.3, -0.25) is 14.4 Å². The Kier molecular flexibility index (Phi) is 12.0. The van der Waals surface area contributed by atoms with Gasteiger partial charge in [-0.25, -0.2) is 4.79 Å². The first-order valence-electron chi connectivity index (χ1n) is 20.1. The summed E-state index contributed by atoms with van der Waals surface area (Å²) in [6, 6.07) is 12.9. The van der Waals surface area contributed by atoms with Crippen molar-refractivity contribution in [3.8, 4) is 0 Å². The monoisotopic (exact) mass is 786 g/mol. The maximum atomic E-state index is 13.9. The van der Waals surface area contributed by atoms with E-state index in [2.05, 4.69) is 16.7 Å². The highest BCUT2D eigenvalue weighted by Gasteiger charge is 2.55. The van der Waals surface area contributed by atoms with E-state index in [0.717, 1.165) is 36.0 Å². The van der Waals surface area contributed by atoms with Crippen LogP contribution >= 0.6 is 0 Å². The Morgan fingerprint density at radius 1 is 1.00 bits per heavy atom. The van der Waals surface area contributed by atoms with Crippen molar-refractivity contribution in [1.29, 1.82) is 0 Å². The second kappa shape index (κ2) is 16.8. The maximum absolute atomic E-state index is 13.9. The van der Waals surface area contributed by atoms with Gasteiger partial charge in [0.2, 0.25) is 11.8 Å². The van der Waals surface area contributed by atoms with Crippen LogP contribution in [0.15, 0.2) is 66.3 Å². The smallest absolute Gasteiger partial charge is 0.338 e. The molecule has 7 rings (SSSR count). The molecule has 57 heavy (non-hydrogen) atoms. The average Bonchev–Trinajstić information content (AvgIpc) is 3.72. The normalized spacial score (nSPS) is 27.3. The minimum atomic E-state index is -1.41. The Bertz CT molecular complexity index is 1870. The Balaban J connectivity index is 1.05. The van der Waals surface area contributed by atoms with Crippen LogP contribution in [0.4, 0.5) is 0 Å². The first kappa shape index (κ1) is 40.8. The summed E-state index contributed by atoms with van der Waals surface area (Å²) in [6.07, 6.45) is 7.03. The van der Waals surface area contributed by atoms with Crippen molar-refractivity contribution < 1.29 is 53.1 Å². The van der Waals surface area contributed by atoms with Crippen molar-refractivity contribution in [2.45, 2.75) is 139 Å². The fourth-order valence-electron chi connectivity index (χ4n) is 8.32. The van der Waals surface area contributed by atoms with E-state index in [1.54, 1.807) is 45.0 Å². The van der Waals surface area contributed by atoms with Gasteiger partial charge in [0.05, 0.1) is 36.5 Å². The fraction of sp³-hybridized carbons (Fsp3) is 0.545. The van der Waals surface area contributed by atoms with E-state index in [0.29, 0.717) is 36.5 Å². The number of nitrogens with one attached hydrogen (secondary N) is 2. The number of allylic oxidation sites excluding steroid dienone is 1. The number of hydrogen-bond acceptors (Lipinski definition) is 11. The lowest BCUT2D eigenvalue weighted by atomic mass is 9.88. The molecule has 2 aliphatic heterocycles. The predicted molar refractivity (Wildman–Crippen MR) is 207 cm³/mol. The van der Waals surface area contributed by atoms with E-state index in [-0.39, 0.29) is 24.8 Å². The first-order valence-corrected chi connectivity index (χ1v) is 20.1. The van der Waals surface area contributed by atoms with Gasteiger partial charge in [-0.2, -0.15) is 0 Å². The van der Waals surface area contributed by atoms with Crippen LogP contribution in [0.1, 0.15) is 93.3 Å². The predicted octanol–water partition coefficient (Wildman–Crippen LogP) is 3.87. The Morgan fingerprint density at radius 3 is 2.44 bits per heavy atom. The van der Waals surface area contributed by atoms with Crippen LogP contribution in [0.25, 0.3) is 6.08 Å². The molecule has 4 N–H and O–H groups in total. The van der Waals surface area contributed by atoms with Gasteiger partial charge in [0.1, 0.15) is 30.0 Å². The SMILES string of the molecule is CC(O)C(NC(=O)C1=CC2OC3(Cc4ccccc4C3)OC2C(OC(=O)c2cccc(C=CC3CCC4OC4C3)c2)C1)C(=O)NC(CO)CCC(=O)OC(C)(C)C. The van der Waals surface area contributed by atoms with Crippen molar-refractivity contribution >= 4 is 29.8 Å². The molecule has 306 valence electrons. The summed E-state index contributed by atoms with van der Waals surface area (Å²) >= 11 is 0. The summed E-state index contributed by atoms with van der Waals surface area (Å²) in [6.45, 7) is 6.11. The molecule has 3 fully saturated rings. The molecule has 0 aromatic heterocycles. The minimum Gasteiger partial charge on any atom is -0.460 e. The van der Waals surface area contributed by atoms with Gasteiger partial charge in [-0.05, 0) is 94.2 Å². The number of benzene rings is 2. The van der Waals surface area contributed by atoms with Crippen molar-refractivity contribution in [2.75, 3.05) is 6.61 Å². The molecule has 13 nitrogen and oxygen atoms in total. The molecule has 3 aliphatic carbocycles. The van der Waals surface area contributed by atoms with Gasteiger partial charge in [-0.15, -0.1) is 0 Å². The fourth-order valence-corrected chi connectivity index (χ4v) is 8.32. The van der Waals surface area contributed by atoms with Gasteiger partial charge >= 0.3 is 11.9 Å². The highest BCUT2D eigenvalue weighted by atomic mass is 16.8. The molecular formula is C44H54N2O11. The number of epoxide rings is 1. The van der Waals surface area contributed by atoms with Crippen molar-refractivity contribution in [3.05, 3.63) is 88.5 Å². The molecule has 2 aromatic carbocycles. The van der Waals surface area contributed by atoms with Crippen LogP contribution in [0.2, 0.25) is 0 Å². The number of carbonyl (C=O) groups is 4. The zero-order valence-corrected chi connectivity index (χ0v) is 33.0. The maximum Gasteiger partial charge on any atom is 0.338 e. The molecule has 5 aliphatic rings. The van der Waals surface area contributed by atoms with E-state index in [1.807, 2.05) is 36.4 Å². The van der Waals surface area contributed by atoms with E-state index in [1.165, 1.54) is 6.92 Å². The summed E-state index contributed by atoms with van der Waals surface area (Å²) < 4.78 is 30.4. The zero-order valence-electron chi connectivity index (χ0n) is 33.0. The summed E-state index contributed by atoms with van der Waals surface area (Å²) in [7, 11) is 0. The second-order valence-electron chi connectivity index (χ2n) is 17.0. The largest absolute Gasteiger partial charge is 0.460 e. The summed E-state index contributed by atoms with van der Waals surface area (Å²) in [5.74, 6) is -3.06. The van der Waals surface area contributed by atoms with E-state index < -0.39 is 78.2 Å². The number of fused-ring (bicyclic) bond motifs is 3. The zero-order chi connectivity index (χ0) is 40.5. The van der Waals surface area contributed by atoms with Crippen molar-refractivity contribution in [1.82, 2.24) is 10.6 Å². The number of rotatable bonds is 13. The van der Waals surface area contributed by atoms with E-state index in [4.69, 9.17) is 23.7 Å². The molecule has 1 spiro atoms. The molecule has 13 heteroatoms. The molecule has 9 atom stereocenters. The lowest BCUT2D eigenvalue weighted by molar-refractivity contribution is -0.172. The topological polar surface area (TPSA) is 182 Å². The van der Waals surface area contributed by atoms with Crippen LogP contribution in [-0.2, 0) is 50.9 Å². The number of ether oxygens (including phenoxy) is 5. The molecule has 9 unspecified atom stereocenters. The van der Waals surface area contributed by atoms with Crippen LogP contribution in [0.5, 0.6) is 0 Å². The summed E-state index contributed by atoms with van der Waals surface area (Å²) in [4.78, 5) is 53.4. The van der Waals surface area contributed by atoms with Gasteiger partial charge in [0, 0.05) is 31.3 Å². The molecule has 2 amide bonds. The number of amides is 2. The lowest BCUT2D eigenvalue weighted by Gasteiger charge is -2.31. The van der Waals surface area contributed by atoms with Crippen LogP contribution < -0.4 is 10.6 Å². The number of aliphatic hydroxyl groups is 2. The first-order chi connectivity index (χ1) is 27.2. The van der Waals surface area contributed by atoms with Crippen LogP contribution in [0, 0.1) is 5.92 Å².